The van der Waals surface area contributed by atoms with Gasteiger partial charge in [-0.1, -0.05) is 13.8 Å². The molecule has 0 radical (unpaired) electrons. The monoisotopic (exact) mass is 348 g/mol. The molecule has 24 heavy (non-hydrogen) atoms. The molecule has 0 bridgehead atoms. The smallest absolute Gasteiger partial charge is 0.408 e. The van der Waals surface area contributed by atoms with E-state index in [1.54, 1.807) is 27.0 Å². The Kier molecular flexibility index (Phi) is 6.86. The first-order valence-electron chi connectivity index (χ1n) is 7.67. The van der Waals surface area contributed by atoms with Gasteiger partial charge in [0.05, 0.1) is 12.7 Å². The van der Waals surface area contributed by atoms with Crippen molar-refractivity contribution in [3.8, 4) is 0 Å². The Balaban J connectivity index is 2.71. The number of amides is 1. The van der Waals surface area contributed by atoms with Crippen LogP contribution in [0.15, 0.2) is 6.20 Å². The fourth-order valence-corrected chi connectivity index (χ4v) is 2.42. The second-order valence-corrected chi connectivity index (χ2v) is 6.10. The Labute approximate surface area is 139 Å². The second kappa shape index (κ2) is 8.21. The quantitative estimate of drug-likeness (QED) is 0.744. The Bertz CT molecular complexity index is 580. The van der Waals surface area contributed by atoms with Crippen LogP contribution in [-0.2, 0) is 16.0 Å². The number of aryl methyl sites for hydroxylation is 2. The number of hydrogen-bond acceptors (Lipinski definition) is 3. The lowest BCUT2D eigenvalue weighted by Gasteiger charge is -2.23. The van der Waals surface area contributed by atoms with Crippen molar-refractivity contribution >= 4 is 11.9 Å². The van der Waals surface area contributed by atoms with E-state index in [-0.39, 0.29) is 25.2 Å². The van der Waals surface area contributed by atoms with Gasteiger partial charge < -0.3 is 15.0 Å². The molecule has 2 N–H and O–H groups in total. The lowest BCUT2D eigenvalue weighted by atomic mass is 10.0. The number of aromatic amines is 1. The van der Waals surface area contributed by atoms with Crippen molar-refractivity contribution in [2.45, 2.75) is 52.3 Å². The summed E-state index contributed by atoms with van der Waals surface area (Å²) < 4.78 is 43.5. The van der Waals surface area contributed by atoms with E-state index in [1.165, 1.54) is 7.11 Å². The van der Waals surface area contributed by atoms with Crippen molar-refractivity contribution in [2.75, 3.05) is 7.11 Å². The molecule has 1 amide bonds. The van der Waals surface area contributed by atoms with Crippen LogP contribution < -0.4 is 5.32 Å². The molecule has 5 nitrogen and oxygen atoms in total. The van der Waals surface area contributed by atoms with Crippen molar-refractivity contribution in [3.05, 3.63) is 23.0 Å². The van der Waals surface area contributed by atoms with Crippen LogP contribution in [0.5, 0.6) is 0 Å². The maximum atomic E-state index is 12.9. The minimum atomic E-state index is -4.48. The third-order valence-electron chi connectivity index (χ3n) is 3.61. The molecule has 0 aromatic carbocycles. The third kappa shape index (κ3) is 5.58. The highest BCUT2D eigenvalue weighted by Gasteiger charge is 2.40. The van der Waals surface area contributed by atoms with E-state index in [0.29, 0.717) is 16.8 Å². The number of esters is 1. The summed E-state index contributed by atoms with van der Waals surface area (Å²) in [5, 5.41) is 2.04. The number of hydrogen-bond donors (Lipinski definition) is 2. The number of rotatable bonds is 7. The summed E-state index contributed by atoms with van der Waals surface area (Å²) in [5.41, 5.74) is 1.45. The van der Waals surface area contributed by atoms with E-state index in [9.17, 15) is 22.8 Å². The van der Waals surface area contributed by atoms with Crippen LogP contribution in [0.1, 0.15) is 48.3 Å². The van der Waals surface area contributed by atoms with E-state index >= 15 is 0 Å². The summed E-state index contributed by atoms with van der Waals surface area (Å²) >= 11 is 0. The highest BCUT2D eigenvalue weighted by Crippen LogP contribution is 2.25. The van der Waals surface area contributed by atoms with Gasteiger partial charge >= 0.3 is 12.1 Å². The predicted octanol–water partition coefficient (Wildman–Crippen LogP) is 3.14. The Morgan fingerprint density at radius 2 is 1.96 bits per heavy atom. The molecular formula is C16H23F3N2O3. The minimum absolute atomic E-state index is 0.146. The SMILES string of the molecule is COC(=O)c1c(CCC(=O)N[C@@H](CC(C)C)C(F)(F)F)c[nH]c1C. The number of aromatic nitrogens is 1. The lowest BCUT2D eigenvalue weighted by Crippen LogP contribution is -2.46. The molecule has 136 valence electrons. The van der Waals surface area contributed by atoms with E-state index in [2.05, 4.69) is 9.72 Å². The molecular weight excluding hydrogens is 325 g/mol. The lowest BCUT2D eigenvalue weighted by molar-refractivity contribution is -0.164. The molecule has 1 heterocycles. The summed E-state index contributed by atoms with van der Waals surface area (Å²) in [7, 11) is 1.24. The Morgan fingerprint density at radius 1 is 1.33 bits per heavy atom. The van der Waals surface area contributed by atoms with Crippen molar-refractivity contribution in [3.63, 3.8) is 0 Å². The number of carbonyl (C=O) groups excluding carboxylic acids is 2. The standard InChI is InChI=1S/C16H23F3N2O3/c1-9(2)7-12(16(17,18)19)21-13(22)6-5-11-8-20-10(3)14(11)15(23)24-4/h8-9,12,20H,5-7H2,1-4H3,(H,21,22)/t12-/m0/s1. The average Bonchev–Trinajstić information content (AvgIpc) is 2.83. The zero-order valence-electron chi connectivity index (χ0n) is 14.2. The molecule has 0 fully saturated rings. The summed E-state index contributed by atoms with van der Waals surface area (Å²) in [6.07, 6.45) is -3.10. The van der Waals surface area contributed by atoms with Gasteiger partial charge in [0.1, 0.15) is 6.04 Å². The molecule has 1 rings (SSSR count). The topological polar surface area (TPSA) is 71.2 Å². The normalized spacial score (nSPS) is 13.0. The molecule has 0 spiro atoms. The first-order chi connectivity index (χ1) is 11.1. The van der Waals surface area contributed by atoms with Crippen molar-refractivity contribution in [2.24, 2.45) is 5.92 Å². The number of alkyl halides is 3. The molecule has 0 saturated heterocycles. The molecule has 1 aromatic rings. The average molecular weight is 348 g/mol. The van der Waals surface area contributed by atoms with Crippen molar-refractivity contribution in [1.82, 2.24) is 10.3 Å². The third-order valence-corrected chi connectivity index (χ3v) is 3.61. The largest absolute Gasteiger partial charge is 0.465 e. The van der Waals surface area contributed by atoms with Crippen LogP contribution in [-0.4, -0.2) is 36.2 Å². The van der Waals surface area contributed by atoms with Gasteiger partial charge in [-0.25, -0.2) is 4.79 Å². The first kappa shape index (κ1) is 20.1. The number of methoxy groups -OCH3 is 1. The summed E-state index contributed by atoms with van der Waals surface area (Å²) in [5.74, 6) is -1.44. The Hall–Kier alpha value is -1.99. The van der Waals surface area contributed by atoms with Crippen LogP contribution in [0.4, 0.5) is 13.2 Å². The van der Waals surface area contributed by atoms with Crippen LogP contribution in [0.2, 0.25) is 0 Å². The van der Waals surface area contributed by atoms with Gasteiger partial charge in [-0.3, -0.25) is 4.79 Å². The number of H-pyrrole nitrogens is 1. The van der Waals surface area contributed by atoms with Gasteiger partial charge in [-0.15, -0.1) is 0 Å². The van der Waals surface area contributed by atoms with E-state index in [4.69, 9.17) is 0 Å². The number of nitrogens with one attached hydrogen (secondary N) is 2. The van der Waals surface area contributed by atoms with Crippen molar-refractivity contribution < 1.29 is 27.5 Å². The predicted molar refractivity (Wildman–Crippen MR) is 82.6 cm³/mol. The molecule has 0 saturated carbocycles. The fraction of sp³-hybridized carbons (Fsp3) is 0.625. The van der Waals surface area contributed by atoms with E-state index in [0.717, 1.165) is 0 Å². The zero-order chi connectivity index (χ0) is 18.5. The molecule has 8 heteroatoms. The van der Waals surface area contributed by atoms with Crippen molar-refractivity contribution in [1.29, 1.82) is 0 Å². The second-order valence-electron chi connectivity index (χ2n) is 6.10. The maximum Gasteiger partial charge on any atom is 0.408 e. The molecule has 0 unspecified atom stereocenters. The highest BCUT2D eigenvalue weighted by molar-refractivity contribution is 5.92. The Morgan fingerprint density at radius 3 is 2.46 bits per heavy atom. The van der Waals surface area contributed by atoms with Gasteiger partial charge in [-0.2, -0.15) is 13.2 Å². The fourth-order valence-electron chi connectivity index (χ4n) is 2.42. The minimum Gasteiger partial charge on any atom is -0.465 e. The van der Waals surface area contributed by atoms with E-state index < -0.39 is 24.1 Å². The summed E-state index contributed by atoms with van der Waals surface area (Å²) in [6, 6.07) is -1.86. The number of halogens is 3. The molecule has 0 aliphatic carbocycles. The maximum absolute atomic E-state index is 12.9. The molecule has 1 aromatic heterocycles. The zero-order valence-corrected chi connectivity index (χ0v) is 14.2. The van der Waals surface area contributed by atoms with Crippen LogP contribution in [0.25, 0.3) is 0 Å². The van der Waals surface area contributed by atoms with Crippen LogP contribution >= 0.6 is 0 Å². The molecule has 1 atom stereocenters. The number of ether oxygens (including phenoxy) is 1. The first-order valence-corrected chi connectivity index (χ1v) is 7.67. The summed E-state index contributed by atoms with van der Waals surface area (Å²) in [4.78, 5) is 26.4. The van der Waals surface area contributed by atoms with Gasteiger partial charge in [-0.05, 0) is 31.2 Å². The van der Waals surface area contributed by atoms with Gasteiger partial charge in [0.2, 0.25) is 5.91 Å². The van der Waals surface area contributed by atoms with Gasteiger partial charge in [0.15, 0.2) is 0 Å². The van der Waals surface area contributed by atoms with Gasteiger partial charge in [0.25, 0.3) is 0 Å². The van der Waals surface area contributed by atoms with E-state index in [1.807, 2.05) is 5.32 Å². The molecule has 0 aliphatic rings. The van der Waals surface area contributed by atoms with Crippen LogP contribution in [0.3, 0.4) is 0 Å². The summed E-state index contributed by atoms with van der Waals surface area (Å²) in [6.45, 7) is 5.00. The highest BCUT2D eigenvalue weighted by atomic mass is 19.4. The molecule has 0 aliphatic heterocycles. The number of carbonyl (C=O) groups is 2. The van der Waals surface area contributed by atoms with Gasteiger partial charge in [0, 0.05) is 18.3 Å². The van der Waals surface area contributed by atoms with Crippen LogP contribution in [0, 0.1) is 12.8 Å².